The maximum atomic E-state index is 12.6. The second kappa shape index (κ2) is 10.0. The second-order valence-electron chi connectivity index (χ2n) is 7.25. The Morgan fingerprint density at radius 2 is 1.82 bits per heavy atom. The number of ether oxygens (including phenoxy) is 2. The van der Waals surface area contributed by atoms with Crippen molar-refractivity contribution in [1.82, 2.24) is 9.78 Å². The number of nitrogens with zero attached hydrogens (tertiary/aromatic N) is 2. The number of aromatic nitrogens is 2. The maximum absolute atomic E-state index is 12.6. The summed E-state index contributed by atoms with van der Waals surface area (Å²) in [6.07, 6.45) is 0. The van der Waals surface area contributed by atoms with Crippen molar-refractivity contribution in [3.63, 3.8) is 0 Å². The predicted molar refractivity (Wildman–Crippen MR) is 127 cm³/mol. The summed E-state index contributed by atoms with van der Waals surface area (Å²) in [7, 11) is 1.60. The summed E-state index contributed by atoms with van der Waals surface area (Å²) in [5.41, 5.74) is 1.74. The van der Waals surface area contributed by atoms with E-state index in [2.05, 4.69) is 10.4 Å². The van der Waals surface area contributed by atoms with Gasteiger partial charge in [-0.25, -0.2) is 0 Å². The third-order valence-electron chi connectivity index (χ3n) is 4.88. The highest BCUT2D eigenvalue weighted by molar-refractivity contribution is 6.35. The predicted octanol–water partition coefficient (Wildman–Crippen LogP) is 5.98. The molecule has 4 aromatic rings. The second-order valence-corrected chi connectivity index (χ2v) is 8.09. The van der Waals surface area contributed by atoms with E-state index in [4.69, 9.17) is 37.1 Å². The number of furan rings is 1. The van der Waals surface area contributed by atoms with E-state index in [1.165, 1.54) is 0 Å². The van der Waals surface area contributed by atoms with Gasteiger partial charge >= 0.3 is 0 Å². The minimum atomic E-state index is -0.403. The number of carbonyl (C=O) groups excluding carboxylic acids is 1. The number of hydrogen-bond donors (Lipinski definition) is 1. The molecule has 0 atom stereocenters. The molecule has 2 aromatic carbocycles. The zero-order valence-corrected chi connectivity index (χ0v) is 19.5. The fourth-order valence-electron chi connectivity index (χ4n) is 3.12. The molecule has 0 unspecified atom stereocenters. The summed E-state index contributed by atoms with van der Waals surface area (Å²) in [6.45, 7) is 2.54. The number of hydrogen-bond acceptors (Lipinski definition) is 5. The van der Waals surface area contributed by atoms with Crippen LogP contribution in [0.5, 0.6) is 11.5 Å². The lowest BCUT2D eigenvalue weighted by atomic mass is 10.2. The third kappa shape index (κ3) is 5.69. The van der Waals surface area contributed by atoms with Gasteiger partial charge in [-0.3, -0.25) is 9.48 Å². The maximum Gasteiger partial charge on any atom is 0.292 e. The Kier molecular flexibility index (Phi) is 6.91. The molecule has 170 valence electrons. The number of benzene rings is 2. The Bertz CT molecular complexity index is 1270. The van der Waals surface area contributed by atoms with Crippen molar-refractivity contribution in [3.8, 4) is 11.5 Å². The van der Waals surface area contributed by atoms with Gasteiger partial charge in [-0.15, -0.1) is 0 Å². The molecule has 0 aliphatic rings. The van der Waals surface area contributed by atoms with Gasteiger partial charge in [0, 0.05) is 21.8 Å². The summed E-state index contributed by atoms with van der Waals surface area (Å²) in [5, 5.41) is 8.33. The van der Waals surface area contributed by atoms with E-state index in [0.717, 1.165) is 17.0 Å². The van der Waals surface area contributed by atoms with E-state index < -0.39 is 5.91 Å². The van der Waals surface area contributed by atoms with Gasteiger partial charge in [-0.2, -0.15) is 5.10 Å². The van der Waals surface area contributed by atoms with Crippen molar-refractivity contribution < 1.29 is 18.7 Å². The van der Waals surface area contributed by atoms with Gasteiger partial charge in [-0.05, 0) is 61.0 Å². The van der Waals surface area contributed by atoms with Crippen LogP contribution in [0.15, 0.2) is 65.1 Å². The Labute approximate surface area is 200 Å². The van der Waals surface area contributed by atoms with Gasteiger partial charge in [0.15, 0.2) is 11.6 Å². The van der Waals surface area contributed by atoms with Crippen LogP contribution >= 0.6 is 23.2 Å². The number of methoxy groups -OCH3 is 1. The summed E-state index contributed by atoms with van der Waals surface area (Å²) in [4.78, 5) is 12.6. The molecular formula is C24H21Cl2N3O4. The first-order valence-corrected chi connectivity index (χ1v) is 10.8. The fourth-order valence-corrected chi connectivity index (χ4v) is 3.59. The van der Waals surface area contributed by atoms with Gasteiger partial charge in [0.05, 0.1) is 13.7 Å². The van der Waals surface area contributed by atoms with Crippen molar-refractivity contribution in [3.05, 3.63) is 93.5 Å². The van der Waals surface area contributed by atoms with E-state index in [1.54, 1.807) is 66.4 Å². The smallest absolute Gasteiger partial charge is 0.292 e. The van der Waals surface area contributed by atoms with Crippen LogP contribution < -0.4 is 14.8 Å². The number of amides is 1. The standard InChI is InChI=1S/C24H21Cl2N3O4/c1-15-11-23(28-29(15)13-16-3-4-17(25)12-21(16)26)27-24(30)22-10-9-20(33-22)14-32-19-7-5-18(31-2)6-8-19/h3-12H,13-14H2,1-2H3,(H,27,28,30). The number of anilines is 1. The highest BCUT2D eigenvalue weighted by atomic mass is 35.5. The van der Waals surface area contributed by atoms with Crippen LogP contribution in [0.3, 0.4) is 0 Å². The molecule has 2 heterocycles. The minimum Gasteiger partial charge on any atom is -0.497 e. The monoisotopic (exact) mass is 485 g/mol. The third-order valence-corrected chi connectivity index (χ3v) is 5.47. The van der Waals surface area contributed by atoms with Crippen LogP contribution in [0.1, 0.15) is 27.6 Å². The van der Waals surface area contributed by atoms with Gasteiger partial charge in [0.2, 0.25) is 0 Å². The van der Waals surface area contributed by atoms with E-state index in [9.17, 15) is 4.79 Å². The molecule has 0 radical (unpaired) electrons. The van der Waals surface area contributed by atoms with Crippen LogP contribution in [-0.4, -0.2) is 22.8 Å². The number of nitrogens with one attached hydrogen (secondary N) is 1. The molecule has 4 rings (SSSR count). The van der Waals surface area contributed by atoms with Crippen LogP contribution in [-0.2, 0) is 13.2 Å². The van der Waals surface area contributed by atoms with Crippen LogP contribution in [0.4, 0.5) is 5.82 Å². The molecule has 0 saturated heterocycles. The van der Waals surface area contributed by atoms with E-state index in [1.807, 2.05) is 13.0 Å². The first-order chi connectivity index (χ1) is 15.9. The van der Waals surface area contributed by atoms with Crippen molar-refractivity contribution >= 4 is 34.9 Å². The van der Waals surface area contributed by atoms with Crippen molar-refractivity contribution in [2.24, 2.45) is 0 Å². The lowest BCUT2D eigenvalue weighted by Gasteiger charge is -2.07. The van der Waals surface area contributed by atoms with Crippen molar-refractivity contribution in [2.75, 3.05) is 12.4 Å². The van der Waals surface area contributed by atoms with Crippen molar-refractivity contribution in [1.29, 1.82) is 0 Å². The molecule has 2 aromatic heterocycles. The average molecular weight is 486 g/mol. The van der Waals surface area contributed by atoms with E-state index >= 15 is 0 Å². The first kappa shape index (κ1) is 22.8. The largest absolute Gasteiger partial charge is 0.497 e. The van der Waals surface area contributed by atoms with Crippen LogP contribution in [0.25, 0.3) is 0 Å². The highest BCUT2D eigenvalue weighted by Gasteiger charge is 2.15. The molecular weight excluding hydrogens is 465 g/mol. The fraction of sp³-hybridized carbons (Fsp3) is 0.167. The molecule has 0 saturated carbocycles. The molecule has 33 heavy (non-hydrogen) atoms. The van der Waals surface area contributed by atoms with Crippen molar-refractivity contribution in [2.45, 2.75) is 20.1 Å². The number of rotatable bonds is 8. The summed E-state index contributed by atoms with van der Waals surface area (Å²) >= 11 is 12.2. The summed E-state index contributed by atoms with van der Waals surface area (Å²) < 4.78 is 18.2. The zero-order chi connectivity index (χ0) is 23.4. The zero-order valence-electron chi connectivity index (χ0n) is 18.0. The molecule has 0 bridgehead atoms. The molecule has 0 fully saturated rings. The summed E-state index contributed by atoms with van der Waals surface area (Å²) in [5.74, 6) is 2.11. The van der Waals surface area contributed by atoms with Gasteiger partial charge in [0.1, 0.15) is 23.9 Å². The number of aryl methyl sites for hydroxylation is 1. The molecule has 0 aliphatic heterocycles. The molecule has 0 aliphatic carbocycles. The Balaban J connectivity index is 1.36. The number of halogens is 2. The van der Waals surface area contributed by atoms with E-state index in [0.29, 0.717) is 33.9 Å². The van der Waals surface area contributed by atoms with Gasteiger partial charge < -0.3 is 19.2 Å². The Morgan fingerprint density at radius 1 is 1.06 bits per heavy atom. The average Bonchev–Trinajstić information content (AvgIpc) is 3.41. The van der Waals surface area contributed by atoms with Gasteiger partial charge in [0.25, 0.3) is 5.91 Å². The van der Waals surface area contributed by atoms with Crippen LogP contribution in [0, 0.1) is 6.92 Å². The minimum absolute atomic E-state index is 0.163. The highest BCUT2D eigenvalue weighted by Crippen LogP contribution is 2.23. The lowest BCUT2D eigenvalue weighted by Crippen LogP contribution is -2.12. The topological polar surface area (TPSA) is 78.5 Å². The quantitative estimate of drug-likeness (QED) is 0.332. The summed E-state index contributed by atoms with van der Waals surface area (Å²) in [6, 6.07) is 17.6. The van der Waals surface area contributed by atoms with Crippen LogP contribution in [0.2, 0.25) is 10.0 Å². The molecule has 1 N–H and O–H groups in total. The molecule has 1 amide bonds. The SMILES string of the molecule is COc1ccc(OCc2ccc(C(=O)Nc3cc(C)n(Cc4ccc(Cl)cc4Cl)n3)o2)cc1. The van der Waals surface area contributed by atoms with E-state index in [-0.39, 0.29) is 12.4 Å². The molecule has 7 nitrogen and oxygen atoms in total. The molecule has 9 heteroatoms. The lowest BCUT2D eigenvalue weighted by molar-refractivity contribution is 0.0992. The Morgan fingerprint density at radius 3 is 2.55 bits per heavy atom. The number of carbonyl (C=O) groups is 1. The molecule has 0 spiro atoms. The normalized spacial score (nSPS) is 10.8. The first-order valence-electron chi connectivity index (χ1n) is 10.1. The Hall–Kier alpha value is -3.42. The van der Waals surface area contributed by atoms with Gasteiger partial charge in [-0.1, -0.05) is 29.3 Å².